The van der Waals surface area contributed by atoms with Gasteiger partial charge in [0.25, 0.3) is 0 Å². The summed E-state index contributed by atoms with van der Waals surface area (Å²) in [6, 6.07) is 6.60. The lowest BCUT2D eigenvalue weighted by atomic mass is 10.1. The number of aliphatic imine (C=N–C) groups is 1. The Morgan fingerprint density at radius 1 is 1.28 bits per heavy atom. The van der Waals surface area contributed by atoms with Gasteiger partial charge in [0.05, 0.1) is 6.61 Å². The smallest absolute Gasteiger partial charge is 0.191 e. The van der Waals surface area contributed by atoms with Gasteiger partial charge in [0.2, 0.25) is 0 Å². The standard InChI is InChI=1S/C17H25FN6O/c1-13-22-23-16(24(13)2)12-21-17(20-9-10-25-3)19-8-7-14-5-4-6-15(18)11-14/h4-6,11H,7-10,12H2,1-3H3,(H2,19,20,21). The summed E-state index contributed by atoms with van der Waals surface area (Å²) >= 11 is 0. The molecule has 0 spiro atoms. The molecule has 2 aromatic rings. The minimum atomic E-state index is -0.220. The Hall–Kier alpha value is -2.48. The molecule has 2 rings (SSSR count). The van der Waals surface area contributed by atoms with Gasteiger partial charge >= 0.3 is 0 Å². The molecule has 25 heavy (non-hydrogen) atoms. The third-order valence-electron chi connectivity index (χ3n) is 3.76. The van der Waals surface area contributed by atoms with Gasteiger partial charge in [-0.25, -0.2) is 9.38 Å². The van der Waals surface area contributed by atoms with Gasteiger partial charge in [-0.05, 0) is 31.0 Å². The molecule has 0 amide bonds. The SMILES string of the molecule is COCCNC(=NCc1nnc(C)n1C)NCCc1cccc(F)c1. The van der Waals surface area contributed by atoms with Crippen LogP contribution in [0.2, 0.25) is 0 Å². The van der Waals surface area contributed by atoms with Crippen molar-refractivity contribution in [3.63, 3.8) is 0 Å². The van der Waals surface area contributed by atoms with E-state index in [1.54, 1.807) is 19.2 Å². The quantitative estimate of drug-likeness (QED) is 0.426. The summed E-state index contributed by atoms with van der Waals surface area (Å²) in [5, 5.41) is 14.6. The molecule has 0 saturated heterocycles. The molecule has 0 fully saturated rings. The van der Waals surface area contributed by atoms with Gasteiger partial charge in [-0.2, -0.15) is 0 Å². The van der Waals surface area contributed by atoms with Crippen molar-refractivity contribution in [3.8, 4) is 0 Å². The first-order chi connectivity index (χ1) is 12.1. The lowest BCUT2D eigenvalue weighted by Crippen LogP contribution is -2.40. The van der Waals surface area contributed by atoms with Crippen molar-refractivity contribution in [2.45, 2.75) is 19.9 Å². The topological polar surface area (TPSA) is 76.4 Å². The summed E-state index contributed by atoms with van der Waals surface area (Å²) in [5.41, 5.74) is 0.938. The Kier molecular flexibility index (Phi) is 7.34. The Morgan fingerprint density at radius 2 is 2.08 bits per heavy atom. The number of nitrogens with one attached hydrogen (secondary N) is 2. The fourth-order valence-corrected chi connectivity index (χ4v) is 2.20. The molecule has 136 valence electrons. The van der Waals surface area contributed by atoms with E-state index < -0.39 is 0 Å². The summed E-state index contributed by atoms with van der Waals surface area (Å²) in [6.45, 7) is 4.17. The highest BCUT2D eigenvalue weighted by Gasteiger charge is 2.05. The van der Waals surface area contributed by atoms with E-state index in [-0.39, 0.29) is 5.82 Å². The molecule has 2 N–H and O–H groups in total. The van der Waals surface area contributed by atoms with Crippen LogP contribution in [-0.4, -0.2) is 47.5 Å². The van der Waals surface area contributed by atoms with Crippen LogP contribution in [0.4, 0.5) is 4.39 Å². The normalized spacial score (nSPS) is 11.6. The van der Waals surface area contributed by atoms with Crippen molar-refractivity contribution in [2.24, 2.45) is 12.0 Å². The van der Waals surface area contributed by atoms with E-state index in [0.717, 1.165) is 17.2 Å². The zero-order valence-electron chi connectivity index (χ0n) is 14.9. The van der Waals surface area contributed by atoms with E-state index in [4.69, 9.17) is 4.74 Å². The summed E-state index contributed by atoms with van der Waals surface area (Å²) < 4.78 is 20.2. The van der Waals surface area contributed by atoms with Crippen molar-refractivity contribution in [3.05, 3.63) is 47.3 Å². The molecule has 0 radical (unpaired) electrons. The third kappa shape index (κ3) is 6.15. The monoisotopic (exact) mass is 348 g/mol. The van der Waals surface area contributed by atoms with Gasteiger partial charge < -0.3 is 19.9 Å². The molecule has 7 nitrogen and oxygen atoms in total. The number of ether oxygens (including phenoxy) is 1. The second-order valence-electron chi connectivity index (χ2n) is 5.61. The minimum absolute atomic E-state index is 0.220. The zero-order chi connectivity index (χ0) is 18.1. The minimum Gasteiger partial charge on any atom is -0.383 e. The molecule has 0 aliphatic heterocycles. The number of hydrogen-bond acceptors (Lipinski definition) is 4. The van der Waals surface area contributed by atoms with Gasteiger partial charge in [0, 0.05) is 27.2 Å². The first-order valence-electron chi connectivity index (χ1n) is 8.20. The van der Waals surface area contributed by atoms with Gasteiger partial charge in [-0.1, -0.05) is 12.1 Å². The molecule has 1 aromatic carbocycles. The zero-order valence-corrected chi connectivity index (χ0v) is 14.9. The van der Waals surface area contributed by atoms with E-state index in [0.29, 0.717) is 38.6 Å². The number of aromatic nitrogens is 3. The molecule has 1 aromatic heterocycles. The first kappa shape index (κ1) is 18.9. The second kappa shape index (κ2) is 9.73. The maximum Gasteiger partial charge on any atom is 0.191 e. The number of benzene rings is 1. The number of nitrogens with zero attached hydrogens (tertiary/aromatic N) is 4. The number of aryl methyl sites for hydroxylation is 1. The fraction of sp³-hybridized carbons (Fsp3) is 0.471. The van der Waals surface area contributed by atoms with Gasteiger partial charge in [-0.3, -0.25) is 0 Å². The van der Waals surface area contributed by atoms with Crippen molar-refractivity contribution in [1.29, 1.82) is 0 Å². The molecule has 0 unspecified atom stereocenters. The molecule has 0 bridgehead atoms. The third-order valence-corrected chi connectivity index (χ3v) is 3.76. The van der Waals surface area contributed by atoms with Crippen LogP contribution in [0.3, 0.4) is 0 Å². The Morgan fingerprint density at radius 3 is 2.76 bits per heavy atom. The first-order valence-corrected chi connectivity index (χ1v) is 8.20. The van der Waals surface area contributed by atoms with Crippen molar-refractivity contribution >= 4 is 5.96 Å². The van der Waals surface area contributed by atoms with E-state index in [2.05, 4.69) is 25.8 Å². The van der Waals surface area contributed by atoms with Crippen LogP contribution in [0, 0.1) is 12.7 Å². The summed E-state index contributed by atoms with van der Waals surface area (Å²) in [7, 11) is 3.56. The molecule has 0 aliphatic rings. The summed E-state index contributed by atoms with van der Waals surface area (Å²) in [6.07, 6.45) is 0.700. The predicted octanol–water partition coefficient (Wildman–Crippen LogP) is 1.19. The van der Waals surface area contributed by atoms with Gasteiger partial charge in [0.1, 0.15) is 18.2 Å². The number of rotatable bonds is 8. The van der Waals surface area contributed by atoms with Crippen LogP contribution < -0.4 is 10.6 Å². The molecule has 0 atom stereocenters. The lowest BCUT2D eigenvalue weighted by Gasteiger charge is -2.12. The molecule has 1 heterocycles. The highest BCUT2D eigenvalue weighted by molar-refractivity contribution is 5.79. The highest BCUT2D eigenvalue weighted by atomic mass is 19.1. The van der Waals surface area contributed by atoms with Crippen LogP contribution in [0.25, 0.3) is 0 Å². The lowest BCUT2D eigenvalue weighted by molar-refractivity contribution is 0.203. The number of hydrogen-bond donors (Lipinski definition) is 2. The van der Waals surface area contributed by atoms with Crippen molar-refractivity contribution in [2.75, 3.05) is 26.8 Å². The number of halogens is 1. The summed E-state index contributed by atoms with van der Waals surface area (Å²) in [5.74, 6) is 2.07. The van der Waals surface area contributed by atoms with Gasteiger partial charge in [0.15, 0.2) is 11.8 Å². The van der Waals surface area contributed by atoms with Crippen LogP contribution in [0.15, 0.2) is 29.3 Å². The average molecular weight is 348 g/mol. The second-order valence-corrected chi connectivity index (χ2v) is 5.61. The Labute approximate surface area is 147 Å². The highest BCUT2D eigenvalue weighted by Crippen LogP contribution is 2.03. The molecule has 8 heteroatoms. The average Bonchev–Trinajstić information content (AvgIpc) is 2.91. The largest absolute Gasteiger partial charge is 0.383 e. The molecular formula is C17H25FN6O. The molecule has 0 saturated carbocycles. The van der Waals surface area contributed by atoms with Crippen LogP contribution >= 0.6 is 0 Å². The van der Waals surface area contributed by atoms with E-state index in [1.165, 1.54) is 6.07 Å². The number of methoxy groups -OCH3 is 1. The van der Waals surface area contributed by atoms with E-state index >= 15 is 0 Å². The van der Waals surface area contributed by atoms with Crippen LogP contribution in [0.5, 0.6) is 0 Å². The maximum absolute atomic E-state index is 13.2. The van der Waals surface area contributed by atoms with Gasteiger partial charge in [-0.15, -0.1) is 10.2 Å². The summed E-state index contributed by atoms with van der Waals surface area (Å²) in [4.78, 5) is 4.53. The Bertz CT molecular complexity index is 700. The van der Waals surface area contributed by atoms with Crippen LogP contribution in [-0.2, 0) is 24.8 Å². The van der Waals surface area contributed by atoms with Crippen LogP contribution in [0.1, 0.15) is 17.2 Å². The fourth-order valence-electron chi connectivity index (χ4n) is 2.20. The van der Waals surface area contributed by atoms with E-state index in [1.807, 2.05) is 24.6 Å². The maximum atomic E-state index is 13.2. The molecular weight excluding hydrogens is 323 g/mol. The molecule has 0 aliphatic carbocycles. The predicted molar refractivity (Wildman–Crippen MR) is 94.9 cm³/mol. The van der Waals surface area contributed by atoms with E-state index in [9.17, 15) is 4.39 Å². The Balaban J connectivity index is 1.92. The van der Waals surface area contributed by atoms with Crippen molar-refractivity contribution < 1.29 is 9.13 Å². The number of guanidine groups is 1. The van der Waals surface area contributed by atoms with Crippen molar-refractivity contribution in [1.82, 2.24) is 25.4 Å².